The van der Waals surface area contributed by atoms with E-state index >= 15 is 0 Å². The minimum Gasteiger partial charge on any atom is -0.319 e. The van der Waals surface area contributed by atoms with Crippen LogP contribution in [-0.2, 0) is 4.79 Å². The molecule has 0 aromatic heterocycles. The van der Waals surface area contributed by atoms with E-state index in [1.54, 1.807) is 4.90 Å². The van der Waals surface area contributed by atoms with Crippen molar-refractivity contribution in [1.82, 2.24) is 4.90 Å². The quantitative estimate of drug-likeness (QED) is 0.695. The van der Waals surface area contributed by atoms with Crippen molar-refractivity contribution in [1.29, 1.82) is 0 Å². The Kier molecular flexibility index (Phi) is 2.63. The average molecular weight is 187 g/mol. The molecule has 1 aromatic carbocycles. The maximum absolute atomic E-state index is 11.3. The number of nitrogens with zero attached hydrogens (tertiary/aromatic N) is 1. The van der Waals surface area contributed by atoms with E-state index in [9.17, 15) is 4.79 Å². The first-order valence-electron chi connectivity index (χ1n) is 4.89. The van der Waals surface area contributed by atoms with Gasteiger partial charge in [-0.2, -0.15) is 0 Å². The average Bonchev–Trinajstić information content (AvgIpc) is 2.63. The first kappa shape index (κ1) is 9.00. The molecule has 72 valence electrons. The van der Waals surface area contributed by atoms with Crippen molar-refractivity contribution >= 4 is 12.0 Å². The van der Waals surface area contributed by atoms with Crippen LogP contribution in [0.4, 0.5) is 0 Å². The molecule has 0 spiro atoms. The number of carbonyl (C=O) groups excluding carboxylic acids is 1. The van der Waals surface area contributed by atoms with Crippen LogP contribution in [0.15, 0.2) is 36.5 Å². The number of hydrogen-bond donors (Lipinski definition) is 0. The van der Waals surface area contributed by atoms with E-state index in [1.165, 1.54) is 0 Å². The van der Waals surface area contributed by atoms with Crippen LogP contribution >= 0.6 is 0 Å². The van der Waals surface area contributed by atoms with Crippen LogP contribution in [0.5, 0.6) is 0 Å². The van der Waals surface area contributed by atoms with Crippen LogP contribution in [-0.4, -0.2) is 17.4 Å². The van der Waals surface area contributed by atoms with Crippen molar-refractivity contribution in [3.8, 4) is 0 Å². The lowest BCUT2D eigenvalue weighted by molar-refractivity contribution is -0.125. The van der Waals surface area contributed by atoms with Crippen molar-refractivity contribution in [2.75, 3.05) is 6.54 Å². The van der Waals surface area contributed by atoms with E-state index in [2.05, 4.69) is 0 Å². The summed E-state index contributed by atoms with van der Waals surface area (Å²) in [5, 5.41) is 0. The Morgan fingerprint density at radius 2 is 2.00 bits per heavy atom. The van der Waals surface area contributed by atoms with Crippen molar-refractivity contribution < 1.29 is 4.79 Å². The molecule has 2 rings (SSSR count). The molecule has 14 heavy (non-hydrogen) atoms. The second-order valence-corrected chi connectivity index (χ2v) is 3.42. The maximum Gasteiger partial charge on any atom is 0.226 e. The molecule has 0 N–H and O–H groups in total. The molecule has 0 aliphatic carbocycles. The van der Waals surface area contributed by atoms with Crippen LogP contribution in [0.1, 0.15) is 18.4 Å². The highest BCUT2D eigenvalue weighted by molar-refractivity contribution is 5.79. The third kappa shape index (κ3) is 2.02. The predicted octanol–water partition coefficient (Wildman–Crippen LogP) is 2.28. The Hall–Kier alpha value is -1.57. The zero-order valence-corrected chi connectivity index (χ0v) is 8.02. The van der Waals surface area contributed by atoms with E-state index in [0.717, 1.165) is 18.5 Å². The number of benzene rings is 1. The molecule has 0 saturated carbocycles. The molecule has 2 heteroatoms. The summed E-state index contributed by atoms with van der Waals surface area (Å²) in [5.74, 6) is 0.234. The molecule has 1 aromatic rings. The smallest absolute Gasteiger partial charge is 0.226 e. The summed E-state index contributed by atoms with van der Waals surface area (Å²) in [6.45, 7) is 0.863. The lowest BCUT2D eigenvalue weighted by Crippen LogP contribution is -2.16. The number of likely N-dealkylation sites (tertiary alicyclic amines) is 1. The lowest BCUT2D eigenvalue weighted by Gasteiger charge is -2.07. The van der Waals surface area contributed by atoms with Gasteiger partial charge in [-0.1, -0.05) is 30.3 Å². The van der Waals surface area contributed by atoms with E-state index in [-0.39, 0.29) is 5.91 Å². The largest absolute Gasteiger partial charge is 0.319 e. The van der Waals surface area contributed by atoms with Gasteiger partial charge >= 0.3 is 0 Å². The maximum atomic E-state index is 11.3. The van der Waals surface area contributed by atoms with E-state index in [0.29, 0.717) is 6.42 Å². The van der Waals surface area contributed by atoms with Gasteiger partial charge in [0.1, 0.15) is 0 Å². The second kappa shape index (κ2) is 4.09. The number of hydrogen-bond acceptors (Lipinski definition) is 1. The topological polar surface area (TPSA) is 20.3 Å². The molecule has 1 saturated heterocycles. The Morgan fingerprint density at radius 1 is 1.21 bits per heavy atom. The minimum atomic E-state index is 0.234. The summed E-state index contributed by atoms with van der Waals surface area (Å²) in [4.78, 5) is 13.1. The minimum absolute atomic E-state index is 0.234. The standard InChI is InChI=1S/C12H13NO/c14-12-7-4-9-13(12)10-8-11-5-2-1-3-6-11/h1-3,5-6,8,10H,4,7,9H2. The molecule has 1 aliphatic heterocycles. The molecule has 0 atom stereocenters. The molecule has 0 bridgehead atoms. The van der Waals surface area contributed by atoms with Crippen molar-refractivity contribution in [2.45, 2.75) is 12.8 Å². The van der Waals surface area contributed by atoms with Crippen LogP contribution in [0.2, 0.25) is 0 Å². The van der Waals surface area contributed by atoms with E-state index in [4.69, 9.17) is 0 Å². The molecule has 0 unspecified atom stereocenters. The Morgan fingerprint density at radius 3 is 2.64 bits per heavy atom. The van der Waals surface area contributed by atoms with Crippen LogP contribution in [0, 0.1) is 0 Å². The Labute approximate surface area is 83.8 Å². The monoisotopic (exact) mass is 187 g/mol. The zero-order valence-electron chi connectivity index (χ0n) is 8.02. The van der Waals surface area contributed by atoms with Gasteiger partial charge in [0.2, 0.25) is 5.91 Å². The number of rotatable bonds is 2. The summed E-state index contributed by atoms with van der Waals surface area (Å²) in [5.41, 5.74) is 1.13. The predicted molar refractivity (Wildman–Crippen MR) is 56.4 cm³/mol. The van der Waals surface area contributed by atoms with Gasteiger partial charge in [-0.05, 0) is 18.1 Å². The summed E-state index contributed by atoms with van der Waals surface area (Å²) < 4.78 is 0. The highest BCUT2D eigenvalue weighted by Crippen LogP contribution is 2.11. The Balaban J connectivity index is 2.03. The summed E-state index contributed by atoms with van der Waals surface area (Å²) in [6.07, 6.45) is 5.53. The summed E-state index contributed by atoms with van der Waals surface area (Å²) >= 11 is 0. The number of amides is 1. The van der Waals surface area contributed by atoms with Gasteiger partial charge in [0.05, 0.1) is 0 Å². The molecular formula is C12H13NO. The molecular weight excluding hydrogens is 174 g/mol. The van der Waals surface area contributed by atoms with Crippen LogP contribution in [0.3, 0.4) is 0 Å². The first-order chi connectivity index (χ1) is 6.86. The molecule has 0 radical (unpaired) electrons. The van der Waals surface area contributed by atoms with Gasteiger partial charge < -0.3 is 4.90 Å². The first-order valence-corrected chi connectivity index (χ1v) is 4.89. The van der Waals surface area contributed by atoms with Gasteiger partial charge in [-0.25, -0.2) is 0 Å². The number of carbonyl (C=O) groups is 1. The fraction of sp³-hybridized carbons (Fsp3) is 0.250. The van der Waals surface area contributed by atoms with E-state index in [1.807, 2.05) is 42.6 Å². The zero-order chi connectivity index (χ0) is 9.80. The second-order valence-electron chi connectivity index (χ2n) is 3.42. The SMILES string of the molecule is O=C1CCCN1C=Cc1ccccc1. The molecule has 1 aliphatic rings. The fourth-order valence-electron chi connectivity index (χ4n) is 1.57. The summed E-state index contributed by atoms with van der Waals surface area (Å²) in [6, 6.07) is 10.0. The normalized spacial score (nSPS) is 16.9. The van der Waals surface area contributed by atoms with Crippen LogP contribution in [0.25, 0.3) is 6.08 Å². The van der Waals surface area contributed by atoms with Gasteiger partial charge in [-0.3, -0.25) is 4.79 Å². The summed E-state index contributed by atoms with van der Waals surface area (Å²) in [7, 11) is 0. The molecule has 1 heterocycles. The van der Waals surface area contributed by atoms with Crippen molar-refractivity contribution in [2.24, 2.45) is 0 Å². The lowest BCUT2D eigenvalue weighted by atomic mass is 10.2. The van der Waals surface area contributed by atoms with Gasteiger partial charge in [0.25, 0.3) is 0 Å². The van der Waals surface area contributed by atoms with Crippen LogP contribution < -0.4 is 0 Å². The van der Waals surface area contributed by atoms with Gasteiger partial charge in [0, 0.05) is 19.2 Å². The third-order valence-electron chi connectivity index (χ3n) is 2.36. The fourth-order valence-corrected chi connectivity index (χ4v) is 1.57. The van der Waals surface area contributed by atoms with Gasteiger partial charge in [0.15, 0.2) is 0 Å². The molecule has 1 amide bonds. The van der Waals surface area contributed by atoms with Crippen molar-refractivity contribution in [3.05, 3.63) is 42.1 Å². The highest BCUT2D eigenvalue weighted by atomic mass is 16.2. The molecule has 1 fully saturated rings. The van der Waals surface area contributed by atoms with Crippen molar-refractivity contribution in [3.63, 3.8) is 0 Å². The highest BCUT2D eigenvalue weighted by Gasteiger charge is 2.16. The molecule has 2 nitrogen and oxygen atoms in total. The van der Waals surface area contributed by atoms with Gasteiger partial charge in [-0.15, -0.1) is 0 Å². The third-order valence-corrected chi connectivity index (χ3v) is 2.36. The Bertz CT molecular complexity index is 343. The van der Waals surface area contributed by atoms with E-state index < -0.39 is 0 Å².